The van der Waals surface area contributed by atoms with Crippen LogP contribution in [0.1, 0.15) is 24.8 Å². The third-order valence-corrected chi connectivity index (χ3v) is 7.97. The Balaban J connectivity index is 1.44. The molecule has 0 spiro atoms. The van der Waals surface area contributed by atoms with Crippen molar-refractivity contribution in [2.45, 2.75) is 36.7 Å². The maximum atomic E-state index is 13.2. The van der Waals surface area contributed by atoms with E-state index in [1.807, 2.05) is 42.5 Å². The minimum atomic E-state index is -3.68. The van der Waals surface area contributed by atoms with Crippen LogP contribution in [0.4, 0.5) is 5.69 Å². The predicted octanol–water partition coefficient (Wildman–Crippen LogP) is 4.60. The summed E-state index contributed by atoms with van der Waals surface area (Å²) in [6.07, 6.45) is 2.46. The SMILES string of the molecule is O=C(Nc1cc(S(=O)(=O)N2CCCCC2)ccc1Oc1ccccc1)C1Cc2ccccc2O1. The molecule has 1 N–H and O–H groups in total. The molecule has 34 heavy (non-hydrogen) atoms. The molecule has 2 heterocycles. The zero-order chi connectivity index (χ0) is 23.5. The van der Waals surface area contributed by atoms with Gasteiger partial charge in [-0.05, 0) is 54.8 Å². The summed E-state index contributed by atoms with van der Waals surface area (Å²) in [4.78, 5) is 13.2. The zero-order valence-corrected chi connectivity index (χ0v) is 19.5. The highest BCUT2D eigenvalue weighted by Crippen LogP contribution is 2.34. The zero-order valence-electron chi connectivity index (χ0n) is 18.6. The first-order chi connectivity index (χ1) is 16.5. The molecule has 1 amide bonds. The van der Waals surface area contributed by atoms with Crippen LogP contribution in [0.5, 0.6) is 17.2 Å². The number of sulfonamides is 1. The number of fused-ring (bicyclic) bond motifs is 1. The summed E-state index contributed by atoms with van der Waals surface area (Å²) in [6, 6.07) is 21.3. The summed E-state index contributed by atoms with van der Waals surface area (Å²) >= 11 is 0. The van der Waals surface area contributed by atoms with E-state index in [1.165, 1.54) is 16.4 Å². The lowest BCUT2D eigenvalue weighted by Gasteiger charge is -2.26. The number of hydrogen-bond acceptors (Lipinski definition) is 5. The van der Waals surface area contributed by atoms with Crippen molar-refractivity contribution in [2.75, 3.05) is 18.4 Å². The lowest BCUT2D eigenvalue weighted by atomic mass is 10.1. The summed E-state index contributed by atoms with van der Waals surface area (Å²) in [5.74, 6) is 1.26. The van der Waals surface area contributed by atoms with E-state index in [2.05, 4.69) is 5.32 Å². The second-order valence-electron chi connectivity index (χ2n) is 8.45. The summed E-state index contributed by atoms with van der Waals surface area (Å²) in [5.41, 5.74) is 1.25. The highest BCUT2D eigenvalue weighted by Gasteiger charge is 2.31. The Morgan fingerprint density at radius 1 is 0.941 bits per heavy atom. The van der Waals surface area contributed by atoms with Gasteiger partial charge < -0.3 is 14.8 Å². The van der Waals surface area contributed by atoms with Crippen LogP contribution in [0.15, 0.2) is 77.7 Å². The van der Waals surface area contributed by atoms with Crippen LogP contribution in [0, 0.1) is 0 Å². The molecule has 2 aliphatic heterocycles. The quantitative estimate of drug-likeness (QED) is 0.560. The van der Waals surface area contributed by atoms with Gasteiger partial charge in [-0.3, -0.25) is 4.79 Å². The van der Waals surface area contributed by atoms with E-state index in [4.69, 9.17) is 9.47 Å². The molecule has 2 aliphatic rings. The minimum Gasteiger partial charge on any atom is -0.480 e. The maximum Gasteiger partial charge on any atom is 0.265 e. The van der Waals surface area contributed by atoms with Gasteiger partial charge in [-0.25, -0.2) is 8.42 Å². The maximum absolute atomic E-state index is 13.2. The standard InChI is InChI=1S/C26H26N2O5S/c29-26(25-17-19-9-5-6-12-23(19)33-25)27-22-18-21(34(30,31)28-15-7-2-8-16-28)13-14-24(22)32-20-10-3-1-4-11-20/h1,3-6,9-14,18,25H,2,7-8,15-17H2,(H,27,29). The highest BCUT2D eigenvalue weighted by molar-refractivity contribution is 7.89. The smallest absolute Gasteiger partial charge is 0.265 e. The minimum absolute atomic E-state index is 0.126. The number of rotatable bonds is 6. The third kappa shape index (κ3) is 4.64. The number of nitrogens with one attached hydrogen (secondary N) is 1. The number of carbonyl (C=O) groups is 1. The van der Waals surface area contributed by atoms with Gasteiger partial charge in [0, 0.05) is 19.5 Å². The second kappa shape index (κ2) is 9.48. The van der Waals surface area contributed by atoms with Crippen LogP contribution >= 0.6 is 0 Å². The molecule has 1 fully saturated rings. The Bertz CT molecular complexity index is 1260. The van der Waals surface area contributed by atoms with Gasteiger partial charge >= 0.3 is 0 Å². The van der Waals surface area contributed by atoms with Crippen molar-refractivity contribution in [1.82, 2.24) is 4.31 Å². The monoisotopic (exact) mass is 478 g/mol. The Morgan fingerprint density at radius 2 is 1.68 bits per heavy atom. The largest absolute Gasteiger partial charge is 0.480 e. The molecular weight excluding hydrogens is 452 g/mol. The number of para-hydroxylation sites is 2. The molecule has 0 saturated carbocycles. The molecule has 1 unspecified atom stereocenters. The molecular formula is C26H26N2O5S. The van der Waals surface area contributed by atoms with Crippen molar-refractivity contribution in [3.8, 4) is 17.2 Å². The van der Waals surface area contributed by atoms with Crippen molar-refractivity contribution in [3.63, 3.8) is 0 Å². The molecule has 0 aliphatic carbocycles. The van der Waals surface area contributed by atoms with Gasteiger partial charge in [-0.1, -0.05) is 42.8 Å². The lowest BCUT2D eigenvalue weighted by Crippen LogP contribution is -2.35. The van der Waals surface area contributed by atoms with E-state index in [-0.39, 0.29) is 16.5 Å². The van der Waals surface area contributed by atoms with E-state index in [1.54, 1.807) is 18.2 Å². The molecule has 5 rings (SSSR count). The Labute approximate surface area is 199 Å². The number of benzene rings is 3. The van der Waals surface area contributed by atoms with Gasteiger partial charge in [0.15, 0.2) is 11.9 Å². The van der Waals surface area contributed by atoms with Gasteiger partial charge in [-0.2, -0.15) is 4.31 Å². The van der Waals surface area contributed by atoms with Crippen LogP contribution < -0.4 is 14.8 Å². The van der Waals surface area contributed by atoms with E-state index < -0.39 is 16.1 Å². The van der Waals surface area contributed by atoms with Crippen LogP contribution in [-0.4, -0.2) is 37.8 Å². The number of amides is 1. The van der Waals surface area contributed by atoms with E-state index >= 15 is 0 Å². The highest BCUT2D eigenvalue weighted by atomic mass is 32.2. The number of anilines is 1. The molecule has 0 radical (unpaired) electrons. The topological polar surface area (TPSA) is 84.9 Å². The second-order valence-corrected chi connectivity index (χ2v) is 10.4. The summed E-state index contributed by atoms with van der Waals surface area (Å²) in [7, 11) is -3.68. The van der Waals surface area contributed by atoms with Crippen molar-refractivity contribution >= 4 is 21.6 Å². The van der Waals surface area contributed by atoms with Gasteiger partial charge in [0.1, 0.15) is 11.5 Å². The van der Waals surface area contributed by atoms with E-state index in [9.17, 15) is 13.2 Å². The fourth-order valence-corrected chi connectivity index (χ4v) is 5.81. The summed E-state index contributed by atoms with van der Waals surface area (Å²) in [6.45, 7) is 1.00. The number of carbonyl (C=O) groups excluding carboxylic acids is 1. The van der Waals surface area contributed by atoms with Crippen molar-refractivity contribution < 1.29 is 22.7 Å². The Hall–Kier alpha value is -3.36. The van der Waals surface area contributed by atoms with Gasteiger partial charge in [0.25, 0.3) is 5.91 Å². The fraction of sp³-hybridized carbons (Fsp3) is 0.269. The van der Waals surface area contributed by atoms with Gasteiger partial charge in [0.2, 0.25) is 10.0 Å². The Morgan fingerprint density at radius 3 is 2.44 bits per heavy atom. The average molecular weight is 479 g/mol. The molecule has 3 aromatic rings. The molecule has 0 bridgehead atoms. The van der Waals surface area contributed by atoms with Crippen LogP contribution in [-0.2, 0) is 21.2 Å². The third-order valence-electron chi connectivity index (χ3n) is 6.07. The van der Waals surface area contributed by atoms with Crippen LogP contribution in [0.3, 0.4) is 0 Å². The normalized spacial score (nSPS) is 18.1. The van der Waals surface area contributed by atoms with Crippen molar-refractivity contribution in [1.29, 1.82) is 0 Å². The number of hydrogen-bond donors (Lipinski definition) is 1. The average Bonchev–Trinajstić information content (AvgIpc) is 3.31. The number of ether oxygens (including phenoxy) is 2. The molecule has 1 saturated heterocycles. The van der Waals surface area contributed by atoms with Crippen molar-refractivity contribution in [2.24, 2.45) is 0 Å². The first-order valence-electron chi connectivity index (χ1n) is 11.4. The predicted molar refractivity (Wildman–Crippen MR) is 129 cm³/mol. The first kappa shape index (κ1) is 22.4. The number of nitrogens with zero attached hydrogens (tertiary/aromatic N) is 1. The van der Waals surface area contributed by atoms with Crippen LogP contribution in [0.25, 0.3) is 0 Å². The van der Waals surface area contributed by atoms with Crippen molar-refractivity contribution in [3.05, 3.63) is 78.4 Å². The van der Waals surface area contributed by atoms with Crippen LogP contribution in [0.2, 0.25) is 0 Å². The molecule has 7 nitrogen and oxygen atoms in total. The lowest BCUT2D eigenvalue weighted by molar-refractivity contribution is -0.122. The van der Waals surface area contributed by atoms with Gasteiger partial charge in [0.05, 0.1) is 10.6 Å². The molecule has 1 atom stereocenters. The summed E-state index contributed by atoms with van der Waals surface area (Å²) < 4.78 is 39.8. The number of piperidine rings is 1. The van der Waals surface area contributed by atoms with E-state index in [0.717, 1.165) is 24.8 Å². The first-order valence-corrected chi connectivity index (χ1v) is 12.9. The van der Waals surface area contributed by atoms with Gasteiger partial charge in [-0.15, -0.1) is 0 Å². The molecule has 176 valence electrons. The Kier molecular flexibility index (Phi) is 6.26. The summed E-state index contributed by atoms with van der Waals surface area (Å²) in [5, 5.41) is 2.85. The fourth-order valence-electron chi connectivity index (χ4n) is 4.27. The molecule has 8 heteroatoms. The van der Waals surface area contributed by atoms with E-state index in [0.29, 0.717) is 36.8 Å². The molecule has 0 aromatic heterocycles. The molecule has 3 aromatic carbocycles.